The monoisotopic (exact) mass is 427 g/mol. The molecule has 0 aliphatic rings. The van der Waals surface area contributed by atoms with Gasteiger partial charge in [-0.2, -0.15) is 13.2 Å². The van der Waals surface area contributed by atoms with E-state index in [0.29, 0.717) is 14.7 Å². The summed E-state index contributed by atoms with van der Waals surface area (Å²) in [7, 11) is -8.83. The number of hydrogen-bond acceptors (Lipinski definition) is 2. The quantitative estimate of drug-likeness (QED) is 0.279. The van der Waals surface area contributed by atoms with Crippen molar-refractivity contribution < 1.29 is 25.2 Å². The summed E-state index contributed by atoms with van der Waals surface area (Å²) in [6.07, 6.45) is 0. The van der Waals surface area contributed by atoms with E-state index >= 15 is 0 Å². The molecule has 0 fully saturated rings. The standard InChI is InChI=1S/C20H17F3O3S2/c1-16-9-8-14-19(15-16)27(17-10-4-2-5-11-17,18-12-6-3-7-13-18)26-28(24,25)20(21,22)23/h2-15H,1H3/p+1. The molecule has 0 saturated heterocycles. The lowest BCUT2D eigenvalue weighted by Gasteiger charge is -2.35. The largest absolute Gasteiger partial charge is 0.572 e. The highest BCUT2D eigenvalue weighted by Crippen LogP contribution is 2.68. The van der Waals surface area contributed by atoms with Crippen LogP contribution in [-0.2, 0) is 10.1 Å². The van der Waals surface area contributed by atoms with Crippen LogP contribution < -0.4 is 0 Å². The molecule has 8 heteroatoms. The molecule has 0 unspecified atom stereocenters. The van der Waals surface area contributed by atoms with Crippen molar-refractivity contribution >= 4 is 20.4 Å². The van der Waals surface area contributed by atoms with E-state index in [2.05, 4.69) is 3.63 Å². The minimum atomic E-state index is -5.75. The van der Waals surface area contributed by atoms with Gasteiger partial charge in [0.2, 0.25) is 0 Å². The van der Waals surface area contributed by atoms with Crippen LogP contribution in [-0.4, -0.2) is 17.6 Å². The van der Waals surface area contributed by atoms with Crippen LogP contribution in [0.4, 0.5) is 13.2 Å². The Bertz CT molecular complexity index is 1010. The fraction of sp³-hybridized carbons (Fsp3) is 0.100. The molecule has 28 heavy (non-hydrogen) atoms. The van der Waals surface area contributed by atoms with Crippen LogP contribution in [0.5, 0.6) is 0 Å². The summed E-state index contributed by atoms with van der Waals surface area (Å²) in [4.78, 5) is 1.22. The van der Waals surface area contributed by atoms with Crippen molar-refractivity contribution in [2.24, 2.45) is 0 Å². The SMILES string of the molecule is Cc1cccc(S([OH+]S(=O)(=O)C(F)(F)F)(c2ccccc2)c2ccccc2)c1. The predicted molar refractivity (Wildman–Crippen MR) is 104 cm³/mol. The smallest absolute Gasteiger partial charge is 0.255 e. The molecule has 3 aromatic carbocycles. The zero-order valence-corrected chi connectivity index (χ0v) is 16.4. The maximum absolute atomic E-state index is 13.3. The van der Waals surface area contributed by atoms with Crippen molar-refractivity contribution in [1.29, 1.82) is 0 Å². The molecular weight excluding hydrogens is 409 g/mol. The van der Waals surface area contributed by atoms with E-state index in [1.54, 1.807) is 91.9 Å². The summed E-state index contributed by atoms with van der Waals surface area (Å²) in [6.45, 7) is 1.79. The summed E-state index contributed by atoms with van der Waals surface area (Å²) >= 11 is 0. The highest BCUT2D eigenvalue weighted by atomic mass is 32.3. The second-order valence-electron chi connectivity index (χ2n) is 6.02. The van der Waals surface area contributed by atoms with Crippen LogP contribution in [0.3, 0.4) is 0 Å². The van der Waals surface area contributed by atoms with E-state index in [-0.39, 0.29) is 0 Å². The molecule has 0 bridgehead atoms. The highest BCUT2D eigenvalue weighted by Gasteiger charge is 2.57. The minimum absolute atomic E-state index is 0.402. The summed E-state index contributed by atoms with van der Waals surface area (Å²) in [6, 6.07) is 23.3. The normalized spacial score (nSPS) is 13.3. The number of aryl methyl sites for hydroxylation is 1. The second kappa shape index (κ2) is 7.62. The van der Waals surface area contributed by atoms with Gasteiger partial charge >= 0.3 is 15.6 Å². The molecule has 0 spiro atoms. The van der Waals surface area contributed by atoms with Crippen LogP contribution >= 0.6 is 10.3 Å². The first-order valence-corrected chi connectivity index (χ1v) is 11.3. The fourth-order valence-corrected chi connectivity index (χ4v) is 7.86. The molecule has 0 radical (unpaired) electrons. The lowest BCUT2D eigenvalue weighted by atomic mass is 10.2. The molecule has 0 saturated carbocycles. The Labute approximate surface area is 163 Å². The number of alkyl halides is 3. The van der Waals surface area contributed by atoms with Crippen LogP contribution in [0, 0.1) is 6.92 Å². The van der Waals surface area contributed by atoms with Gasteiger partial charge in [-0.15, -0.1) is 8.42 Å². The molecule has 0 aliphatic carbocycles. The van der Waals surface area contributed by atoms with Gasteiger partial charge in [0.15, 0.2) is 0 Å². The van der Waals surface area contributed by atoms with Crippen LogP contribution in [0.15, 0.2) is 99.6 Å². The molecule has 0 atom stereocenters. The first-order chi connectivity index (χ1) is 13.2. The van der Waals surface area contributed by atoms with Crippen molar-refractivity contribution in [2.75, 3.05) is 0 Å². The molecular formula is C20H18F3O3S2+. The zero-order valence-electron chi connectivity index (χ0n) is 14.8. The topological polar surface area (TPSA) is 46.9 Å². The molecule has 0 aromatic heterocycles. The first-order valence-electron chi connectivity index (χ1n) is 8.22. The maximum Gasteiger partial charge on any atom is 0.572 e. The Hall–Kier alpha value is -2.29. The Morgan fingerprint density at radius 1 is 0.714 bits per heavy atom. The summed E-state index contributed by atoms with van der Waals surface area (Å²) in [5.74, 6) is 0. The van der Waals surface area contributed by atoms with Gasteiger partial charge in [-0.05, 0) is 48.9 Å². The molecule has 0 aliphatic heterocycles. The molecule has 1 N–H and O–H groups in total. The summed E-state index contributed by atoms with van der Waals surface area (Å²) in [5.41, 5.74) is -4.70. The van der Waals surface area contributed by atoms with E-state index < -0.39 is 25.9 Å². The van der Waals surface area contributed by atoms with E-state index in [0.717, 1.165) is 5.56 Å². The molecule has 3 aromatic rings. The maximum atomic E-state index is 13.3. The highest BCUT2D eigenvalue weighted by molar-refractivity contribution is 8.32. The van der Waals surface area contributed by atoms with Gasteiger partial charge in [0.25, 0.3) is 0 Å². The van der Waals surface area contributed by atoms with E-state index in [1.807, 2.05) is 0 Å². The zero-order chi connectivity index (χ0) is 20.4. The predicted octanol–water partition coefficient (Wildman–Crippen LogP) is 6.14. The Morgan fingerprint density at radius 2 is 1.18 bits per heavy atom. The molecule has 3 rings (SSSR count). The number of halogens is 3. The average Bonchev–Trinajstić information content (AvgIpc) is 2.66. The van der Waals surface area contributed by atoms with Crippen molar-refractivity contribution in [2.45, 2.75) is 27.1 Å². The van der Waals surface area contributed by atoms with Crippen LogP contribution in [0.2, 0.25) is 0 Å². The van der Waals surface area contributed by atoms with Gasteiger partial charge in [0.05, 0.1) is 25.0 Å². The summed E-state index contributed by atoms with van der Waals surface area (Å²) in [5, 5.41) is 0. The van der Waals surface area contributed by atoms with Gasteiger partial charge in [-0.1, -0.05) is 48.5 Å². The van der Waals surface area contributed by atoms with E-state index in [9.17, 15) is 21.6 Å². The Balaban J connectivity index is 2.40. The average molecular weight is 427 g/mol. The van der Waals surface area contributed by atoms with Crippen LogP contribution in [0.25, 0.3) is 0 Å². The van der Waals surface area contributed by atoms with Gasteiger partial charge in [-0.25, -0.2) is 0 Å². The number of rotatable bonds is 5. The minimum Gasteiger partial charge on any atom is -0.255 e. The lowest BCUT2D eigenvalue weighted by molar-refractivity contribution is -0.0540. The van der Waals surface area contributed by atoms with E-state index in [1.165, 1.54) is 0 Å². The van der Waals surface area contributed by atoms with Gasteiger partial charge in [-0.3, -0.25) is 3.63 Å². The van der Waals surface area contributed by atoms with E-state index in [4.69, 9.17) is 0 Å². The Morgan fingerprint density at radius 3 is 1.61 bits per heavy atom. The second-order valence-corrected chi connectivity index (χ2v) is 10.6. The van der Waals surface area contributed by atoms with Gasteiger partial charge in [0.1, 0.15) is 0 Å². The van der Waals surface area contributed by atoms with Crippen LogP contribution in [0.1, 0.15) is 5.56 Å². The van der Waals surface area contributed by atoms with Crippen molar-refractivity contribution in [1.82, 2.24) is 0 Å². The third-order valence-corrected chi connectivity index (χ3v) is 9.11. The third-order valence-electron chi connectivity index (χ3n) is 4.00. The molecule has 148 valence electrons. The lowest BCUT2D eigenvalue weighted by Crippen LogP contribution is -2.30. The fourth-order valence-electron chi connectivity index (χ4n) is 2.76. The van der Waals surface area contributed by atoms with Gasteiger partial charge < -0.3 is 0 Å². The van der Waals surface area contributed by atoms with Crippen molar-refractivity contribution in [3.8, 4) is 0 Å². The van der Waals surface area contributed by atoms with Crippen molar-refractivity contribution in [3.05, 3.63) is 90.5 Å². The summed E-state index contributed by atoms with van der Waals surface area (Å²) < 4.78 is 68.0. The number of hydrogen-bond donors (Lipinski definition) is 0. The first kappa shape index (κ1) is 20.4. The molecule has 0 amide bonds. The number of benzene rings is 3. The van der Waals surface area contributed by atoms with Gasteiger partial charge in [0, 0.05) is 0 Å². The third kappa shape index (κ3) is 3.80. The molecule has 0 heterocycles. The molecule has 3 nitrogen and oxygen atoms in total. The van der Waals surface area contributed by atoms with Crippen molar-refractivity contribution in [3.63, 3.8) is 0 Å². The Kier molecular flexibility index (Phi) is 5.56.